The van der Waals surface area contributed by atoms with Gasteiger partial charge in [-0.3, -0.25) is 9.59 Å². The molecule has 28 heavy (non-hydrogen) atoms. The van der Waals surface area contributed by atoms with Gasteiger partial charge < -0.3 is 10.2 Å². The van der Waals surface area contributed by atoms with Crippen molar-refractivity contribution in [3.05, 3.63) is 0 Å². The standard InChI is InChI=1S/C20H36O4S2.C2H6/c1-18(2,16(21)22)10-5-7-12-20(25-14-9-15-26-20)13-8-6-11-19(3,4)17(23)24;1-2/h5-15H2,1-4H3,(H,21,22)(H,23,24);1-2H3. The number of carboxylic acid groups (broad SMARTS) is 2. The first-order chi connectivity index (χ1) is 13.0. The number of carboxylic acids is 2. The van der Waals surface area contributed by atoms with Crippen molar-refractivity contribution in [3.63, 3.8) is 0 Å². The first kappa shape index (κ1) is 27.6. The van der Waals surface area contributed by atoms with Gasteiger partial charge in [0.2, 0.25) is 0 Å². The minimum absolute atomic E-state index is 0.249. The fraction of sp³-hybridized carbons (Fsp3) is 0.909. The van der Waals surface area contributed by atoms with E-state index in [1.807, 2.05) is 13.8 Å². The molecule has 0 atom stereocenters. The predicted molar refractivity (Wildman–Crippen MR) is 123 cm³/mol. The number of carbonyl (C=O) groups is 2. The summed E-state index contributed by atoms with van der Waals surface area (Å²) >= 11 is 4.14. The summed E-state index contributed by atoms with van der Waals surface area (Å²) < 4.78 is 0.249. The van der Waals surface area contributed by atoms with Gasteiger partial charge in [0.1, 0.15) is 0 Å². The lowest BCUT2D eigenvalue weighted by molar-refractivity contribution is -0.148. The fourth-order valence-corrected chi connectivity index (χ4v) is 6.66. The van der Waals surface area contributed by atoms with Crippen molar-refractivity contribution in [2.24, 2.45) is 10.8 Å². The molecular formula is C22H42O4S2. The molecule has 1 heterocycles. The second-order valence-electron chi connectivity index (χ2n) is 8.75. The number of thioether (sulfide) groups is 2. The molecule has 0 spiro atoms. The number of hydrogen-bond acceptors (Lipinski definition) is 4. The van der Waals surface area contributed by atoms with Crippen LogP contribution in [0.5, 0.6) is 0 Å². The monoisotopic (exact) mass is 434 g/mol. The zero-order chi connectivity index (χ0) is 21.8. The predicted octanol–water partition coefficient (Wildman–Crippen LogP) is 6.92. The second kappa shape index (κ2) is 13.0. The third-order valence-corrected chi connectivity index (χ3v) is 8.96. The highest BCUT2D eigenvalue weighted by atomic mass is 32.2. The average Bonchev–Trinajstić information content (AvgIpc) is 2.65. The largest absolute Gasteiger partial charge is 0.481 e. The van der Waals surface area contributed by atoms with Gasteiger partial charge >= 0.3 is 11.9 Å². The van der Waals surface area contributed by atoms with Crippen LogP contribution in [0.15, 0.2) is 0 Å². The van der Waals surface area contributed by atoms with Crippen LogP contribution >= 0.6 is 23.5 Å². The summed E-state index contributed by atoms with van der Waals surface area (Å²) in [6, 6.07) is 0. The molecule has 1 rings (SSSR count). The Bertz CT molecular complexity index is 433. The van der Waals surface area contributed by atoms with Gasteiger partial charge in [-0.2, -0.15) is 0 Å². The molecule has 0 amide bonds. The zero-order valence-electron chi connectivity index (χ0n) is 18.8. The van der Waals surface area contributed by atoms with E-state index >= 15 is 0 Å². The van der Waals surface area contributed by atoms with Crippen molar-refractivity contribution >= 4 is 35.5 Å². The third-order valence-electron chi connectivity index (χ3n) is 5.40. The Balaban J connectivity index is 0.00000352. The Hall–Kier alpha value is -0.360. The summed E-state index contributed by atoms with van der Waals surface area (Å²) in [5, 5.41) is 18.5. The van der Waals surface area contributed by atoms with Crippen LogP contribution in [0.1, 0.15) is 99.3 Å². The summed E-state index contributed by atoms with van der Waals surface area (Å²) in [5.74, 6) is 0.979. The van der Waals surface area contributed by atoms with E-state index in [2.05, 4.69) is 23.5 Å². The molecule has 1 saturated heterocycles. The topological polar surface area (TPSA) is 74.6 Å². The van der Waals surface area contributed by atoms with Crippen molar-refractivity contribution in [2.45, 2.75) is 103 Å². The van der Waals surface area contributed by atoms with Crippen molar-refractivity contribution in [3.8, 4) is 0 Å². The Morgan fingerprint density at radius 3 is 1.46 bits per heavy atom. The second-order valence-corrected chi connectivity index (χ2v) is 12.0. The van der Waals surface area contributed by atoms with Crippen molar-refractivity contribution in [1.82, 2.24) is 0 Å². The van der Waals surface area contributed by atoms with Gasteiger partial charge in [0, 0.05) is 0 Å². The van der Waals surface area contributed by atoms with E-state index in [9.17, 15) is 19.8 Å². The van der Waals surface area contributed by atoms with Gasteiger partial charge in [-0.05, 0) is 71.3 Å². The molecular weight excluding hydrogens is 392 g/mol. The van der Waals surface area contributed by atoms with Crippen molar-refractivity contribution in [1.29, 1.82) is 0 Å². The minimum atomic E-state index is -0.713. The fourth-order valence-electron chi connectivity index (χ4n) is 3.17. The molecule has 4 nitrogen and oxygen atoms in total. The summed E-state index contributed by atoms with van der Waals surface area (Å²) in [4.78, 5) is 22.5. The van der Waals surface area contributed by atoms with Crippen LogP contribution < -0.4 is 0 Å². The van der Waals surface area contributed by atoms with E-state index in [1.165, 1.54) is 17.9 Å². The molecule has 1 aliphatic heterocycles. The van der Waals surface area contributed by atoms with Crippen LogP contribution in [0.4, 0.5) is 0 Å². The summed E-state index contributed by atoms with van der Waals surface area (Å²) in [7, 11) is 0. The zero-order valence-corrected chi connectivity index (χ0v) is 20.4. The van der Waals surface area contributed by atoms with Crippen LogP contribution in [0, 0.1) is 10.8 Å². The maximum atomic E-state index is 11.2. The molecule has 166 valence electrons. The molecule has 0 bridgehead atoms. The highest BCUT2D eigenvalue weighted by molar-refractivity contribution is 8.18. The van der Waals surface area contributed by atoms with E-state index in [1.54, 1.807) is 27.7 Å². The number of aliphatic carboxylic acids is 2. The Labute approximate surface area is 181 Å². The van der Waals surface area contributed by atoms with Crippen molar-refractivity contribution in [2.75, 3.05) is 11.5 Å². The van der Waals surface area contributed by atoms with Crippen LogP contribution in [-0.4, -0.2) is 37.7 Å². The molecule has 0 aliphatic carbocycles. The SMILES string of the molecule is CC.CC(C)(CCCCC1(CCCCC(C)(C)C(=O)O)SCCCS1)C(=O)O. The normalized spacial score (nSPS) is 16.8. The molecule has 1 aliphatic rings. The molecule has 1 fully saturated rings. The van der Waals surface area contributed by atoms with Crippen LogP contribution in [0.2, 0.25) is 0 Å². The van der Waals surface area contributed by atoms with Gasteiger partial charge in [0.05, 0.1) is 14.9 Å². The summed E-state index contributed by atoms with van der Waals surface area (Å²) in [5.41, 5.74) is -1.27. The highest BCUT2D eigenvalue weighted by Crippen LogP contribution is 2.49. The van der Waals surface area contributed by atoms with Crippen LogP contribution in [-0.2, 0) is 9.59 Å². The lowest BCUT2D eigenvalue weighted by Crippen LogP contribution is -2.27. The molecule has 0 unspecified atom stereocenters. The quantitative estimate of drug-likeness (QED) is 0.325. The lowest BCUT2D eigenvalue weighted by atomic mass is 9.86. The van der Waals surface area contributed by atoms with Gasteiger partial charge in [0.25, 0.3) is 0 Å². The van der Waals surface area contributed by atoms with E-state index in [0.717, 1.165) is 51.4 Å². The molecule has 0 aromatic heterocycles. The number of rotatable bonds is 12. The van der Waals surface area contributed by atoms with Crippen molar-refractivity contribution < 1.29 is 19.8 Å². The van der Waals surface area contributed by atoms with Crippen LogP contribution in [0.3, 0.4) is 0 Å². The molecule has 2 N–H and O–H groups in total. The first-order valence-electron chi connectivity index (χ1n) is 10.8. The molecule has 0 aromatic rings. The van der Waals surface area contributed by atoms with E-state index in [0.29, 0.717) is 0 Å². The molecule has 0 radical (unpaired) electrons. The van der Waals surface area contributed by atoms with E-state index in [4.69, 9.17) is 0 Å². The van der Waals surface area contributed by atoms with E-state index in [-0.39, 0.29) is 4.08 Å². The van der Waals surface area contributed by atoms with E-state index < -0.39 is 22.8 Å². The summed E-state index contributed by atoms with van der Waals surface area (Å²) in [6.07, 6.45) is 8.99. The maximum Gasteiger partial charge on any atom is 0.309 e. The number of hydrogen-bond donors (Lipinski definition) is 2. The summed E-state index contributed by atoms with van der Waals surface area (Å²) in [6.45, 7) is 11.2. The third kappa shape index (κ3) is 9.91. The lowest BCUT2D eigenvalue weighted by Gasteiger charge is -2.37. The first-order valence-corrected chi connectivity index (χ1v) is 12.7. The van der Waals surface area contributed by atoms with Crippen LogP contribution in [0.25, 0.3) is 0 Å². The van der Waals surface area contributed by atoms with Gasteiger partial charge in [0.15, 0.2) is 0 Å². The Morgan fingerprint density at radius 2 is 1.14 bits per heavy atom. The van der Waals surface area contributed by atoms with Gasteiger partial charge in [-0.15, -0.1) is 23.5 Å². The Morgan fingerprint density at radius 1 is 0.786 bits per heavy atom. The smallest absolute Gasteiger partial charge is 0.309 e. The Kier molecular flexibility index (Phi) is 12.9. The molecule has 0 saturated carbocycles. The van der Waals surface area contributed by atoms with Gasteiger partial charge in [-0.25, -0.2) is 0 Å². The average molecular weight is 435 g/mol. The molecule has 0 aromatic carbocycles. The molecule has 6 heteroatoms. The van der Waals surface area contributed by atoms with Gasteiger partial charge in [-0.1, -0.05) is 39.5 Å². The minimum Gasteiger partial charge on any atom is -0.481 e. The number of unbranched alkanes of at least 4 members (excludes halogenated alkanes) is 2. The highest BCUT2D eigenvalue weighted by Gasteiger charge is 2.34. The maximum absolute atomic E-state index is 11.2.